The van der Waals surface area contributed by atoms with E-state index in [1.165, 1.54) is 0 Å². The molecule has 4 heteroatoms. The van der Waals surface area contributed by atoms with E-state index in [1.807, 2.05) is 85.8 Å². The normalized spacial score (nSPS) is 20.0. The average molecular weight is 450 g/mol. The summed E-state index contributed by atoms with van der Waals surface area (Å²) in [6.07, 6.45) is 1.16. The zero-order chi connectivity index (χ0) is 23.5. The van der Waals surface area contributed by atoms with Gasteiger partial charge in [0.15, 0.2) is 5.78 Å². The lowest BCUT2D eigenvalue weighted by Crippen LogP contribution is -2.36. The van der Waals surface area contributed by atoms with Crippen LogP contribution in [0.15, 0.2) is 114 Å². The molecule has 2 atom stereocenters. The van der Waals surface area contributed by atoms with Crippen molar-refractivity contribution >= 4 is 11.8 Å². The molecule has 0 saturated carbocycles. The monoisotopic (exact) mass is 449 g/mol. The fraction of sp³-hybridized carbons (Fsp3) is 0.200. The SMILES string of the molecule is CC1=C(C(=O)OCc2ccccc2)C(c2ccccc2)C2=C(CC(c3ccccc3)CC2=O)N1. The third-order valence-electron chi connectivity index (χ3n) is 6.66. The minimum Gasteiger partial charge on any atom is -0.457 e. The summed E-state index contributed by atoms with van der Waals surface area (Å²) in [4.78, 5) is 27.0. The highest BCUT2D eigenvalue weighted by atomic mass is 16.5. The third kappa shape index (κ3) is 4.32. The summed E-state index contributed by atoms with van der Waals surface area (Å²) in [5.41, 5.74) is 5.86. The van der Waals surface area contributed by atoms with Crippen molar-refractivity contribution < 1.29 is 14.3 Å². The van der Waals surface area contributed by atoms with Crippen LogP contribution in [0.25, 0.3) is 0 Å². The molecule has 1 aliphatic heterocycles. The van der Waals surface area contributed by atoms with Crippen molar-refractivity contribution in [3.05, 3.63) is 130 Å². The molecule has 0 radical (unpaired) electrons. The molecule has 0 spiro atoms. The van der Waals surface area contributed by atoms with Crippen molar-refractivity contribution in [1.29, 1.82) is 0 Å². The Balaban J connectivity index is 1.50. The van der Waals surface area contributed by atoms with Gasteiger partial charge < -0.3 is 10.1 Å². The number of allylic oxidation sites excluding steroid dienone is 3. The average Bonchev–Trinajstić information content (AvgIpc) is 2.88. The van der Waals surface area contributed by atoms with Crippen LogP contribution >= 0.6 is 0 Å². The molecular weight excluding hydrogens is 422 g/mol. The van der Waals surface area contributed by atoms with Gasteiger partial charge in [-0.25, -0.2) is 4.79 Å². The number of dihydropyridines is 1. The Kier molecular flexibility index (Phi) is 6.13. The highest BCUT2D eigenvalue weighted by molar-refractivity contribution is 6.04. The maximum atomic E-state index is 13.6. The van der Waals surface area contributed by atoms with E-state index in [1.54, 1.807) is 0 Å². The largest absolute Gasteiger partial charge is 0.457 e. The Hall–Kier alpha value is -3.92. The predicted octanol–water partition coefficient (Wildman–Crippen LogP) is 5.79. The van der Waals surface area contributed by atoms with E-state index in [0.717, 1.165) is 34.5 Å². The zero-order valence-electron chi connectivity index (χ0n) is 19.2. The first kappa shape index (κ1) is 21.9. The second-order valence-corrected chi connectivity index (χ2v) is 8.90. The van der Waals surface area contributed by atoms with Gasteiger partial charge in [0.05, 0.1) is 5.57 Å². The number of ether oxygens (including phenoxy) is 1. The first-order chi connectivity index (χ1) is 16.6. The van der Waals surface area contributed by atoms with E-state index in [2.05, 4.69) is 17.4 Å². The molecule has 0 saturated heterocycles. The summed E-state index contributed by atoms with van der Waals surface area (Å²) < 4.78 is 5.72. The van der Waals surface area contributed by atoms with Gasteiger partial charge in [-0.15, -0.1) is 0 Å². The number of rotatable bonds is 5. The van der Waals surface area contributed by atoms with Crippen molar-refractivity contribution in [1.82, 2.24) is 5.32 Å². The second-order valence-electron chi connectivity index (χ2n) is 8.90. The topological polar surface area (TPSA) is 55.4 Å². The maximum Gasteiger partial charge on any atom is 0.337 e. The van der Waals surface area contributed by atoms with Crippen molar-refractivity contribution in [2.24, 2.45) is 0 Å². The van der Waals surface area contributed by atoms with Crippen LogP contribution in [0.5, 0.6) is 0 Å². The molecule has 170 valence electrons. The van der Waals surface area contributed by atoms with Crippen molar-refractivity contribution in [2.45, 2.75) is 38.2 Å². The van der Waals surface area contributed by atoms with Gasteiger partial charge in [0.2, 0.25) is 0 Å². The Bertz CT molecular complexity index is 1260. The Morgan fingerprint density at radius 1 is 0.853 bits per heavy atom. The lowest BCUT2D eigenvalue weighted by Gasteiger charge is -2.36. The van der Waals surface area contributed by atoms with Gasteiger partial charge in [-0.3, -0.25) is 4.79 Å². The molecule has 0 amide bonds. The maximum absolute atomic E-state index is 13.6. The highest BCUT2D eigenvalue weighted by Gasteiger charge is 2.41. The van der Waals surface area contributed by atoms with Crippen LogP contribution in [0.4, 0.5) is 0 Å². The number of Topliss-reactive ketones (excluding diaryl/α,β-unsaturated/α-hetero) is 1. The molecule has 0 bridgehead atoms. The van der Waals surface area contributed by atoms with Crippen molar-refractivity contribution in [3.8, 4) is 0 Å². The predicted molar refractivity (Wildman–Crippen MR) is 132 cm³/mol. The van der Waals surface area contributed by atoms with Crippen LogP contribution in [0, 0.1) is 0 Å². The summed E-state index contributed by atoms with van der Waals surface area (Å²) in [5.74, 6) is -0.634. The first-order valence-corrected chi connectivity index (χ1v) is 11.7. The molecule has 2 aliphatic rings. The Morgan fingerprint density at radius 3 is 2.09 bits per heavy atom. The highest BCUT2D eigenvalue weighted by Crippen LogP contribution is 2.45. The lowest BCUT2D eigenvalue weighted by molar-refractivity contribution is -0.140. The molecule has 2 unspecified atom stereocenters. The number of nitrogens with one attached hydrogen (secondary N) is 1. The fourth-order valence-corrected chi connectivity index (χ4v) is 5.05. The van der Waals surface area contributed by atoms with E-state index in [9.17, 15) is 9.59 Å². The fourth-order valence-electron chi connectivity index (χ4n) is 5.05. The number of ketones is 1. The summed E-state index contributed by atoms with van der Waals surface area (Å²) >= 11 is 0. The van der Waals surface area contributed by atoms with E-state index < -0.39 is 11.9 Å². The van der Waals surface area contributed by atoms with Crippen LogP contribution < -0.4 is 5.32 Å². The van der Waals surface area contributed by atoms with Gasteiger partial charge in [-0.05, 0) is 36.0 Å². The molecule has 1 aliphatic carbocycles. The minimum absolute atomic E-state index is 0.0808. The number of carbonyl (C=O) groups is 2. The number of esters is 1. The summed E-state index contributed by atoms with van der Waals surface area (Å²) in [5, 5.41) is 3.41. The molecule has 1 N–H and O–H groups in total. The Labute approximate surface area is 200 Å². The van der Waals surface area contributed by atoms with E-state index in [-0.39, 0.29) is 18.3 Å². The third-order valence-corrected chi connectivity index (χ3v) is 6.66. The number of benzene rings is 3. The Morgan fingerprint density at radius 2 is 1.44 bits per heavy atom. The summed E-state index contributed by atoms with van der Waals surface area (Å²) in [6, 6.07) is 29.6. The standard InChI is InChI=1S/C30H27NO3/c1-20-27(30(33)34-19-21-11-5-2-6-12-21)28(23-15-9-4-10-16-23)29-25(31-20)17-24(18-26(29)32)22-13-7-3-8-14-22/h2-16,24,28,31H,17-19H2,1H3. The van der Waals surface area contributed by atoms with Crippen LogP contribution in [0.3, 0.4) is 0 Å². The van der Waals surface area contributed by atoms with Gasteiger partial charge in [-0.1, -0.05) is 91.0 Å². The van der Waals surface area contributed by atoms with Crippen LogP contribution in [-0.2, 0) is 20.9 Å². The molecule has 0 fully saturated rings. The van der Waals surface area contributed by atoms with Gasteiger partial charge in [0, 0.05) is 29.3 Å². The molecule has 3 aromatic rings. The van der Waals surface area contributed by atoms with Crippen LogP contribution in [0.2, 0.25) is 0 Å². The van der Waals surface area contributed by atoms with Crippen LogP contribution in [0.1, 0.15) is 48.3 Å². The van der Waals surface area contributed by atoms with Crippen molar-refractivity contribution in [3.63, 3.8) is 0 Å². The van der Waals surface area contributed by atoms with Crippen LogP contribution in [-0.4, -0.2) is 11.8 Å². The summed E-state index contributed by atoms with van der Waals surface area (Å²) in [6.45, 7) is 2.09. The summed E-state index contributed by atoms with van der Waals surface area (Å²) in [7, 11) is 0. The lowest BCUT2D eigenvalue weighted by atomic mass is 9.72. The quantitative estimate of drug-likeness (QED) is 0.501. The smallest absolute Gasteiger partial charge is 0.337 e. The van der Waals surface area contributed by atoms with Crippen molar-refractivity contribution in [2.75, 3.05) is 0 Å². The molecule has 5 rings (SSSR count). The molecule has 1 heterocycles. The second kappa shape index (κ2) is 9.52. The first-order valence-electron chi connectivity index (χ1n) is 11.7. The molecule has 0 aromatic heterocycles. The molecular formula is C30H27NO3. The van der Waals surface area contributed by atoms with E-state index in [0.29, 0.717) is 17.6 Å². The van der Waals surface area contributed by atoms with E-state index >= 15 is 0 Å². The number of hydrogen-bond acceptors (Lipinski definition) is 4. The molecule has 4 nitrogen and oxygen atoms in total. The van der Waals surface area contributed by atoms with Gasteiger partial charge in [-0.2, -0.15) is 0 Å². The zero-order valence-corrected chi connectivity index (χ0v) is 19.2. The van der Waals surface area contributed by atoms with Gasteiger partial charge >= 0.3 is 5.97 Å². The molecule has 3 aromatic carbocycles. The molecule has 34 heavy (non-hydrogen) atoms. The number of hydrogen-bond donors (Lipinski definition) is 1. The van der Waals surface area contributed by atoms with Gasteiger partial charge in [0.1, 0.15) is 6.61 Å². The van der Waals surface area contributed by atoms with Gasteiger partial charge in [0.25, 0.3) is 0 Å². The number of carbonyl (C=O) groups excluding carboxylic acids is 2. The van der Waals surface area contributed by atoms with E-state index in [4.69, 9.17) is 4.74 Å². The minimum atomic E-state index is -0.440.